The molecular weight excluding hydrogens is 385 g/mol. The molecule has 0 radical (unpaired) electrons. The number of halogens is 7. The van der Waals surface area contributed by atoms with E-state index in [0.717, 1.165) is 12.1 Å². The Balaban J connectivity index is 2.79. The smallest absolute Gasteiger partial charge is 0.419 e. The molecule has 10 heteroatoms. The van der Waals surface area contributed by atoms with Gasteiger partial charge in [0.15, 0.2) is 0 Å². The van der Waals surface area contributed by atoms with E-state index in [-0.39, 0.29) is 6.07 Å². The molecule has 0 spiro atoms. The largest absolute Gasteiger partial charge is 0.507 e. The van der Waals surface area contributed by atoms with Crippen molar-refractivity contribution in [3.63, 3.8) is 0 Å². The molecule has 2 aromatic carbocycles. The number of alkyl halides is 6. The first kappa shape index (κ1) is 20.5. The number of carbonyl (C=O) groups is 1. The van der Waals surface area contributed by atoms with Crippen LogP contribution in [0.15, 0.2) is 30.3 Å². The second-order valence-corrected chi connectivity index (χ2v) is 5.59. The number of aromatic hydroxyl groups is 1. The van der Waals surface area contributed by atoms with Crippen molar-refractivity contribution in [1.29, 1.82) is 0 Å². The lowest BCUT2D eigenvalue weighted by Crippen LogP contribution is -2.12. The highest BCUT2D eigenvalue weighted by molar-refractivity contribution is 5.76. The Morgan fingerprint density at radius 2 is 1.56 bits per heavy atom. The zero-order valence-corrected chi connectivity index (χ0v) is 13.2. The van der Waals surface area contributed by atoms with Gasteiger partial charge in [0.05, 0.1) is 11.1 Å². The molecule has 27 heavy (non-hydrogen) atoms. The van der Waals surface area contributed by atoms with E-state index in [1.54, 1.807) is 0 Å². The second kappa shape index (κ2) is 7.09. The van der Waals surface area contributed by atoms with Crippen molar-refractivity contribution >= 4 is 5.97 Å². The number of aryl methyl sites for hydroxylation is 1. The number of phenolic OH excluding ortho intramolecular Hbond substituents is 1. The van der Waals surface area contributed by atoms with Crippen LogP contribution in [0.5, 0.6) is 5.75 Å². The van der Waals surface area contributed by atoms with Gasteiger partial charge in [-0.2, -0.15) is 26.3 Å². The maximum Gasteiger partial charge on any atom is 0.419 e. The Morgan fingerprint density at radius 1 is 0.963 bits per heavy atom. The van der Waals surface area contributed by atoms with Gasteiger partial charge < -0.3 is 10.2 Å². The van der Waals surface area contributed by atoms with Crippen LogP contribution in [0.3, 0.4) is 0 Å². The predicted octanol–water partition coefficient (Wildman–Crippen LogP) is 5.25. The van der Waals surface area contributed by atoms with Gasteiger partial charge in [0.1, 0.15) is 11.6 Å². The minimum absolute atomic E-state index is 0.157. The SMILES string of the molecule is O=C(O)CCc1cc(-c2c(O)cccc2C(F)(F)F)cc(C(F)(F)F)c1F. The molecule has 0 aromatic heterocycles. The van der Waals surface area contributed by atoms with Crippen LogP contribution in [0, 0.1) is 5.82 Å². The number of phenols is 1. The molecule has 0 aliphatic heterocycles. The number of rotatable bonds is 4. The number of carboxylic acids is 1. The van der Waals surface area contributed by atoms with Crippen molar-refractivity contribution in [2.75, 3.05) is 0 Å². The Bertz CT molecular complexity index is 870. The number of hydrogen-bond acceptors (Lipinski definition) is 2. The molecular formula is C17H11F7O3. The normalized spacial score (nSPS) is 12.3. The number of carboxylic acid groups (broad SMARTS) is 1. The standard InChI is InChI=1S/C17H11F7O3/c18-15-8(4-5-13(26)27)6-9(7-11(15)17(22,23)24)14-10(16(19,20)21)2-1-3-12(14)25/h1-3,6-7,25H,4-5H2,(H,26,27). The van der Waals surface area contributed by atoms with Crippen LogP contribution in [0.25, 0.3) is 11.1 Å². The monoisotopic (exact) mass is 396 g/mol. The lowest BCUT2D eigenvalue weighted by molar-refractivity contribution is -0.140. The quantitative estimate of drug-likeness (QED) is 0.694. The molecule has 0 unspecified atom stereocenters. The van der Waals surface area contributed by atoms with Crippen LogP contribution >= 0.6 is 0 Å². The van der Waals surface area contributed by atoms with Crippen LogP contribution in [0.4, 0.5) is 30.7 Å². The fraction of sp³-hybridized carbons (Fsp3) is 0.235. The summed E-state index contributed by atoms with van der Waals surface area (Å²) in [5, 5.41) is 18.5. The molecule has 0 heterocycles. The molecule has 2 N–H and O–H groups in total. The molecule has 0 amide bonds. The van der Waals surface area contributed by atoms with Crippen molar-refractivity contribution in [2.24, 2.45) is 0 Å². The zero-order valence-electron chi connectivity index (χ0n) is 13.2. The molecule has 3 nitrogen and oxygen atoms in total. The van der Waals surface area contributed by atoms with Crippen LogP contribution in [-0.4, -0.2) is 16.2 Å². The van der Waals surface area contributed by atoms with Crippen molar-refractivity contribution in [3.8, 4) is 16.9 Å². The molecule has 0 fully saturated rings. The highest BCUT2D eigenvalue weighted by atomic mass is 19.4. The van der Waals surface area contributed by atoms with Gasteiger partial charge in [-0.3, -0.25) is 4.79 Å². The molecule has 0 aliphatic carbocycles. The van der Waals surface area contributed by atoms with Gasteiger partial charge in [-0.05, 0) is 41.8 Å². The van der Waals surface area contributed by atoms with E-state index in [2.05, 4.69) is 0 Å². The van der Waals surface area contributed by atoms with E-state index < -0.39 is 70.5 Å². The summed E-state index contributed by atoms with van der Waals surface area (Å²) in [6.07, 6.45) is -11.6. The molecule has 0 aliphatic rings. The molecule has 0 saturated heterocycles. The first-order chi connectivity index (χ1) is 12.3. The van der Waals surface area contributed by atoms with Crippen molar-refractivity contribution in [1.82, 2.24) is 0 Å². The summed E-state index contributed by atoms with van der Waals surface area (Å²) < 4.78 is 93.1. The summed E-state index contributed by atoms with van der Waals surface area (Å²) in [5.74, 6) is -4.14. The van der Waals surface area contributed by atoms with Gasteiger partial charge in [0.2, 0.25) is 0 Å². The second-order valence-electron chi connectivity index (χ2n) is 5.59. The molecule has 146 valence electrons. The molecule has 0 saturated carbocycles. The third kappa shape index (κ3) is 4.50. The van der Waals surface area contributed by atoms with Gasteiger partial charge in [0.25, 0.3) is 0 Å². The lowest BCUT2D eigenvalue weighted by atomic mass is 9.93. The highest BCUT2D eigenvalue weighted by Crippen LogP contribution is 2.44. The van der Waals surface area contributed by atoms with Crippen LogP contribution in [-0.2, 0) is 23.6 Å². The average Bonchev–Trinajstić information content (AvgIpc) is 2.51. The van der Waals surface area contributed by atoms with E-state index in [1.165, 1.54) is 0 Å². The Labute approximate surface area is 147 Å². The van der Waals surface area contributed by atoms with Crippen LogP contribution in [0.1, 0.15) is 23.1 Å². The number of benzene rings is 2. The number of aliphatic carboxylic acids is 1. The van der Waals surface area contributed by atoms with E-state index in [1.807, 2.05) is 0 Å². The van der Waals surface area contributed by atoms with Gasteiger partial charge in [-0.25, -0.2) is 4.39 Å². The highest BCUT2D eigenvalue weighted by Gasteiger charge is 2.38. The Kier molecular flexibility index (Phi) is 5.39. The summed E-state index contributed by atoms with van der Waals surface area (Å²) in [5.41, 5.74) is -5.66. The fourth-order valence-corrected chi connectivity index (χ4v) is 2.54. The van der Waals surface area contributed by atoms with Crippen LogP contribution in [0.2, 0.25) is 0 Å². The van der Waals surface area contributed by atoms with Crippen molar-refractivity contribution in [2.45, 2.75) is 25.2 Å². The predicted molar refractivity (Wildman–Crippen MR) is 79.5 cm³/mol. The first-order valence-electron chi connectivity index (χ1n) is 7.33. The Morgan fingerprint density at radius 3 is 2.07 bits per heavy atom. The minimum atomic E-state index is -5.24. The summed E-state index contributed by atoms with van der Waals surface area (Å²) in [7, 11) is 0. The molecule has 2 aromatic rings. The summed E-state index contributed by atoms with van der Waals surface area (Å²) in [4.78, 5) is 10.6. The van der Waals surface area contributed by atoms with Crippen molar-refractivity contribution in [3.05, 3.63) is 52.8 Å². The molecule has 0 atom stereocenters. The summed E-state index contributed by atoms with van der Waals surface area (Å²) >= 11 is 0. The zero-order chi connectivity index (χ0) is 20.6. The van der Waals surface area contributed by atoms with Gasteiger partial charge in [-0.15, -0.1) is 0 Å². The number of hydrogen-bond donors (Lipinski definition) is 2. The van der Waals surface area contributed by atoms with Crippen LogP contribution < -0.4 is 0 Å². The third-order valence-corrected chi connectivity index (χ3v) is 3.70. The third-order valence-electron chi connectivity index (χ3n) is 3.70. The molecule has 2 rings (SSSR count). The maximum absolute atomic E-state index is 14.2. The minimum Gasteiger partial charge on any atom is -0.507 e. The topological polar surface area (TPSA) is 57.5 Å². The van der Waals surface area contributed by atoms with Crippen molar-refractivity contribution < 1.29 is 45.7 Å². The van der Waals surface area contributed by atoms with Gasteiger partial charge in [0, 0.05) is 12.0 Å². The Hall–Kier alpha value is -2.78. The fourth-order valence-electron chi connectivity index (χ4n) is 2.54. The lowest BCUT2D eigenvalue weighted by Gasteiger charge is -2.18. The molecule has 0 bridgehead atoms. The average molecular weight is 396 g/mol. The summed E-state index contributed by atoms with van der Waals surface area (Å²) in [6, 6.07) is 3.10. The van der Waals surface area contributed by atoms with Gasteiger partial charge >= 0.3 is 18.3 Å². The van der Waals surface area contributed by atoms with E-state index >= 15 is 0 Å². The van der Waals surface area contributed by atoms with E-state index in [9.17, 15) is 40.6 Å². The van der Waals surface area contributed by atoms with E-state index in [4.69, 9.17) is 5.11 Å². The van der Waals surface area contributed by atoms with E-state index in [0.29, 0.717) is 12.1 Å². The summed E-state index contributed by atoms with van der Waals surface area (Å²) in [6.45, 7) is 0. The first-order valence-corrected chi connectivity index (χ1v) is 7.33. The maximum atomic E-state index is 14.2. The van der Waals surface area contributed by atoms with Gasteiger partial charge in [-0.1, -0.05) is 6.07 Å².